The standard InChI is InChI=1S/C18H17NOS/c19-18(9-13-5-1-3-7-16(13)20-12-18)10-14-11-21-17-8-4-2-6-15(14)17/h1-8,11H,9-10,12,19H2. The van der Waals surface area contributed by atoms with Crippen molar-refractivity contribution in [1.29, 1.82) is 0 Å². The molecule has 2 nitrogen and oxygen atoms in total. The normalized spacial score (nSPS) is 21.0. The minimum Gasteiger partial charge on any atom is -0.491 e. The van der Waals surface area contributed by atoms with Gasteiger partial charge in [-0.15, -0.1) is 11.3 Å². The molecule has 0 spiro atoms. The molecule has 1 aliphatic rings. The van der Waals surface area contributed by atoms with E-state index in [1.54, 1.807) is 11.3 Å². The lowest BCUT2D eigenvalue weighted by Crippen LogP contribution is -2.51. The zero-order chi connectivity index (χ0) is 14.3. The molecular weight excluding hydrogens is 278 g/mol. The topological polar surface area (TPSA) is 35.2 Å². The van der Waals surface area contributed by atoms with Gasteiger partial charge in [0.1, 0.15) is 12.4 Å². The van der Waals surface area contributed by atoms with Gasteiger partial charge in [-0.1, -0.05) is 36.4 Å². The maximum Gasteiger partial charge on any atom is 0.122 e. The van der Waals surface area contributed by atoms with Crippen LogP contribution in [0, 0.1) is 0 Å². The molecule has 0 fully saturated rings. The van der Waals surface area contributed by atoms with E-state index in [1.165, 1.54) is 21.2 Å². The van der Waals surface area contributed by atoms with Crippen LogP contribution in [0.1, 0.15) is 11.1 Å². The molecule has 1 aromatic heterocycles. The summed E-state index contributed by atoms with van der Waals surface area (Å²) in [5.74, 6) is 0.980. The van der Waals surface area contributed by atoms with Crippen molar-refractivity contribution < 1.29 is 4.74 Å². The van der Waals surface area contributed by atoms with Crippen molar-refractivity contribution in [2.45, 2.75) is 18.4 Å². The molecule has 0 bridgehead atoms. The van der Waals surface area contributed by atoms with Crippen molar-refractivity contribution in [3.63, 3.8) is 0 Å². The fourth-order valence-corrected chi connectivity index (χ4v) is 4.07. The molecule has 1 atom stereocenters. The molecular formula is C18H17NOS. The van der Waals surface area contributed by atoms with Crippen LogP contribution in [-0.4, -0.2) is 12.1 Å². The molecule has 2 heterocycles. The second kappa shape index (κ2) is 4.86. The third-order valence-corrected chi connectivity index (χ3v) is 5.15. The summed E-state index contributed by atoms with van der Waals surface area (Å²) in [6.07, 6.45) is 1.72. The molecule has 0 amide bonds. The smallest absolute Gasteiger partial charge is 0.122 e. The van der Waals surface area contributed by atoms with Crippen molar-refractivity contribution in [1.82, 2.24) is 0 Å². The largest absolute Gasteiger partial charge is 0.491 e. The zero-order valence-electron chi connectivity index (χ0n) is 11.7. The van der Waals surface area contributed by atoms with E-state index >= 15 is 0 Å². The minimum absolute atomic E-state index is 0.321. The van der Waals surface area contributed by atoms with Gasteiger partial charge in [-0.05, 0) is 46.9 Å². The molecule has 0 saturated heterocycles. The molecule has 21 heavy (non-hydrogen) atoms. The van der Waals surface area contributed by atoms with Crippen molar-refractivity contribution >= 4 is 21.4 Å². The fourth-order valence-electron chi connectivity index (χ4n) is 3.10. The Balaban J connectivity index is 1.65. The van der Waals surface area contributed by atoms with Crippen LogP contribution in [0.5, 0.6) is 5.75 Å². The SMILES string of the molecule is NC1(Cc2csc3ccccc23)COc2ccccc2C1. The van der Waals surface area contributed by atoms with Crippen LogP contribution >= 0.6 is 11.3 Å². The van der Waals surface area contributed by atoms with E-state index < -0.39 is 0 Å². The van der Waals surface area contributed by atoms with Crippen LogP contribution in [0.4, 0.5) is 0 Å². The molecule has 0 radical (unpaired) electrons. The Kier molecular flexibility index (Phi) is 2.98. The van der Waals surface area contributed by atoms with Gasteiger partial charge in [0.25, 0.3) is 0 Å². The lowest BCUT2D eigenvalue weighted by molar-refractivity contribution is 0.190. The molecule has 106 valence electrons. The first-order valence-corrected chi connectivity index (χ1v) is 8.06. The molecule has 3 heteroatoms. The molecule has 0 saturated carbocycles. The fraction of sp³-hybridized carbons (Fsp3) is 0.222. The number of hydrogen-bond acceptors (Lipinski definition) is 3. The number of hydrogen-bond donors (Lipinski definition) is 1. The second-order valence-electron chi connectivity index (χ2n) is 5.87. The quantitative estimate of drug-likeness (QED) is 0.781. The van der Waals surface area contributed by atoms with E-state index in [4.69, 9.17) is 10.5 Å². The van der Waals surface area contributed by atoms with Crippen molar-refractivity contribution in [2.24, 2.45) is 5.73 Å². The predicted molar refractivity (Wildman–Crippen MR) is 88.1 cm³/mol. The number of thiophene rings is 1. The second-order valence-corrected chi connectivity index (χ2v) is 6.78. The predicted octanol–water partition coefficient (Wildman–Crippen LogP) is 3.78. The van der Waals surface area contributed by atoms with Crippen LogP contribution in [0.25, 0.3) is 10.1 Å². The minimum atomic E-state index is -0.321. The molecule has 1 aliphatic heterocycles. The molecule has 1 unspecified atom stereocenters. The first-order valence-electron chi connectivity index (χ1n) is 7.18. The van der Waals surface area contributed by atoms with Gasteiger partial charge in [-0.25, -0.2) is 0 Å². The molecule has 3 aromatic rings. The Morgan fingerprint density at radius 2 is 1.90 bits per heavy atom. The van der Waals surface area contributed by atoms with Gasteiger partial charge in [0.2, 0.25) is 0 Å². The lowest BCUT2D eigenvalue weighted by atomic mass is 9.84. The number of rotatable bonds is 2. The highest BCUT2D eigenvalue weighted by atomic mass is 32.1. The van der Waals surface area contributed by atoms with E-state index in [9.17, 15) is 0 Å². The number of para-hydroxylation sites is 1. The molecule has 4 rings (SSSR count). The summed E-state index contributed by atoms with van der Waals surface area (Å²) >= 11 is 1.79. The average Bonchev–Trinajstić information content (AvgIpc) is 2.90. The summed E-state index contributed by atoms with van der Waals surface area (Å²) in [4.78, 5) is 0. The van der Waals surface area contributed by atoms with Crippen molar-refractivity contribution in [2.75, 3.05) is 6.61 Å². The van der Waals surface area contributed by atoms with E-state index in [0.717, 1.165) is 18.6 Å². The van der Waals surface area contributed by atoms with Gasteiger partial charge < -0.3 is 10.5 Å². The van der Waals surface area contributed by atoms with Crippen LogP contribution in [-0.2, 0) is 12.8 Å². The summed E-state index contributed by atoms with van der Waals surface area (Å²) in [6.45, 7) is 0.578. The summed E-state index contributed by atoms with van der Waals surface area (Å²) < 4.78 is 7.21. The first-order chi connectivity index (χ1) is 10.2. The Morgan fingerprint density at radius 3 is 2.86 bits per heavy atom. The van der Waals surface area contributed by atoms with Gasteiger partial charge in [0, 0.05) is 4.70 Å². The molecule has 2 aromatic carbocycles. The first kappa shape index (κ1) is 12.9. The van der Waals surface area contributed by atoms with Gasteiger partial charge in [0.15, 0.2) is 0 Å². The number of fused-ring (bicyclic) bond motifs is 2. The summed E-state index contributed by atoms with van der Waals surface area (Å²) in [7, 11) is 0. The van der Waals surface area contributed by atoms with Crippen LogP contribution in [0.3, 0.4) is 0 Å². The van der Waals surface area contributed by atoms with E-state index in [0.29, 0.717) is 6.61 Å². The highest BCUT2D eigenvalue weighted by Crippen LogP contribution is 2.33. The zero-order valence-corrected chi connectivity index (χ0v) is 12.5. The maximum atomic E-state index is 6.64. The Hall–Kier alpha value is -1.84. The van der Waals surface area contributed by atoms with E-state index in [-0.39, 0.29) is 5.54 Å². The molecule has 2 N–H and O–H groups in total. The van der Waals surface area contributed by atoms with E-state index in [1.807, 2.05) is 18.2 Å². The number of ether oxygens (including phenoxy) is 1. The van der Waals surface area contributed by atoms with E-state index in [2.05, 4.69) is 35.7 Å². The monoisotopic (exact) mass is 295 g/mol. The Morgan fingerprint density at radius 1 is 1.10 bits per heavy atom. The van der Waals surface area contributed by atoms with Crippen LogP contribution in [0.15, 0.2) is 53.9 Å². The third-order valence-electron chi connectivity index (χ3n) is 4.13. The summed E-state index contributed by atoms with van der Waals surface area (Å²) in [5, 5.41) is 3.56. The lowest BCUT2D eigenvalue weighted by Gasteiger charge is -2.34. The van der Waals surface area contributed by atoms with Crippen LogP contribution < -0.4 is 10.5 Å². The molecule has 0 aliphatic carbocycles. The van der Waals surface area contributed by atoms with Gasteiger partial charge in [-0.2, -0.15) is 0 Å². The van der Waals surface area contributed by atoms with Crippen molar-refractivity contribution in [3.05, 3.63) is 65.0 Å². The average molecular weight is 295 g/mol. The summed E-state index contributed by atoms with van der Waals surface area (Å²) in [6, 6.07) is 16.7. The van der Waals surface area contributed by atoms with Gasteiger partial charge in [0.05, 0.1) is 5.54 Å². The summed E-state index contributed by atoms with van der Waals surface area (Å²) in [5.41, 5.74) is 8.86. The Bertz CT molecular complexity index is 795. The Labute approximate surface area is 128 Å². The maximum absolute atomic E-state index is 6.64. The highest BCUT2D eigenvalue weighted by Gasteiger charge is 2.32. The number of benzene rings is 2. The number of nitrogens with two attached hydrogens (primary N) is 1. The third kappa shape index (κ3) is 2.33. The van der Waals surface area contributed by atoms with Gasteiger partial charge >= 0.3 is 0 Å². The van der Waals surface area contributed by atoms with Crippen molar-refractivity contribution in [3.8, 4) is 5.75 Å². The highest BCUT2D eigenvalue weighted by molar-refractivity contribution is 7.17. The van der Waals surface area contributed by atoms with Gasteiger partial charge in [-0.3, -0.25) is 0 Å². The van der Waals surface area contributed by atoms with Crippen LogP contribution in [0.2, 0.25) is 0 Å².